The van der Waals surface area contributed by atoms with Crippen molar-refractivity contribution in [2.75, 3.05) is 4.90 Å². The van der Waals surface area contributed by atoms with E-state index in [0.717, 1.165) is 22.7 Å². The van der Waals surface area contributed by atoms with E-state index in [1.54, 1.807) is 0 Å². The molecular formula is C48H40N2. The molecule has 9 rings (SSSR count). The van der Waals surface area contributed by atoms with Gasteiger partial charge in [-0.25, -0.2) is 0 Å². The molecule has 0 saturated heterocycles. The van der Waals surface area contributed by atoms with Crippen LogP contribution < -0.4 is 4.90 Å². The highest BCUT2D eigenvalue weighted by molar-refractivity contribution is 6.10. The van der Waals surface area contributed by atoms with Gasteiger partial charge in [-0.3, -0.25) is 0 Å². The maximum absolute atomic E-state index is 2.42. The maximum atomic E-state index is 2.42. The van der Waals surface area contributed by atoms with Crippen molar-refractivity contribution in [1.82, 2.24) is 4.57 Å². The molecule has 0 atom stereocenters. The Morgan fingerprint density at radius 1 is 0.400 bits per heavy atom. The number of benzene rings is 7. The molecule has 2 heteroatoms. The molecule has 2 nitrogen and oxygen atoms in total. The minimum Gasteiger partial charge on any atom is -0.310 e. The molecule has 1 aliphatic rings. The van der Waals surface area contributed by atoms with Gasteiger partial charge in [0.05, 0.1) is 11.0 Å². The second-order valence-electron chi connectivity index (χ2n) is 13.7. The second-order valence-corrected chi connectivity index (χ2v) is 13.7. The highest BCUT2D eigenvalue weighted by Gasteiger charge is 2.35. The molecule has 0 radical (unpaired) electrons. The van der Waals surface area contributed by atoms with E-state index < -0.39 is 0 Å². The van der Waals surface area contributed by atoms with Crippen LogP contribution in [0.4, 0.5) is 17.1 Å². The number of nitrogens with zero attached hydrogens (tertiary/aromatic N) is 2. The molecule has 1 aliphatic carbocycles. The molecule has 242 valence electrons. The van der Waals surface area contributed by atoms with Crippen LogP contribution in [-0.4, -0.2) is 4.57 Å². The average molecular weight is 645 g/mol. The number of fused-ring (bicyclic) bond motifs is 3. The molecule has 0 spiro atoms. The molecule has 1 saturated carbocycles. The van der Waals surface area contributed by atoms with Crippen LogP contribution in [0.15, 0.2) is 182 Å². The van der Waals surface area contributed by atoms with Crippen molar-refractivity contribution in [1.29, 1.82) is 0 Å². The summed E-state index contributed by atoms with van der Waals surface area (Å²) < 4.78 is 2.40. The topological polar surface area (TPSA) is 8.17 Å². The lowest BCUT2D eigenvalue weighted by molar-refractivity contribution is 0.346. The summed E-state index contributed by atoms with van der Waals surface area (Å²) in [4.78, 5) is 2.42. The van der Waals surface area contributed by atoms with Gasteiger partial charge in [0.2, 0.25) is 0 Å². The highest BCUT2D eigenvalue weighted by atomic mass is 15.1. The zero-order chi connectivity index (χ0) is 33.3. The fourth-order valence-corrected chi connectivity index (χ4v) is 8.42. The van der Waals surface area contributed by atoms with Crippen LogP contribution in [-0.2, 0) is 5.41 Å². The Bertz CT molecular complexity index is 2370. The smallest absolute Gasteiger partial charge is 0.0561 e. The van der Waals surface area contributed by atoms with E-state index in [0.29, 0.717) is 0 Å². The summed E-state index contributed by atoms with van der Waals surface area (Å²) in [5.41, 5.74) is 12.4. The van der Waals surface area contributed by atoms with Gasteiger partial charge in [0.25, 0.3) is 0 Å². The normalized spacial score (nSPS) is 14.2. The fourth-order valence-electron chi connectivity index (χ4n) is 8.42. The summed E-state index contributed by atoms with van der Waals surface area (Å²) in [6.45, 7) is 0. The predicted molar refractivity (Wildman–Crippen MR) is 211 cm³/mol. The van der Waals surface area contributed by atoms with Crippen LogP contribution in [0.2, 0.25) is 0 Å². The van der Waals surface area contributed by atoms with Gasteiger partial charge in [0.15, 0.2) is 0 Å². The van der Waals surface area contributed by atoms with Crippen molar-refractivity contribution >= 4 is 38.9 Å². The average Bonchev–Trinajstić information content (AvgIpc) is 3.53. The Hall–Kier alpha value is -5.86. The number of hydrogen-bond acceptors (Lipinski definition) is 1. The lowest BCUT2D eigenvalue weighted by Gasteiger charge is -2.39. The number of anilines is 3. The summed E-state index contributed by atoms with van der Waals surface area (Å²) in [6.07, 6.45) is 6.25. The second kappa shape index (κ2) is 12.9. The zero-order valence-electron chi connectivity index (χ0n) is 28.3. The molecule has 50 heavy (non-hydrogen) atoms. The number of rotatable bonds is 7. The van der Waals surface area contributed by atoms with Gasteiger partial charge in [-0.1, -0.05) is 147 Å². The van der Waals surface area contributed by atoms with Crippen molar-refractivity contribution in [3.05, 3.63) is 193 Å². The summed E-state index contributed by atoms with van der Waals surface area (Å²) in [7, 11) is 0. The van der Waals surface area contributed by atoms with Gasteiger partial charge < -0.3 is 9.47 Å². The summed E-state index contributed by atoms with van der Waals surface area (Å²) in [5, 5.41) is 2.52. The van der Waals surface area contributed by atoms with Crippen molar-refractivity contribution in [3.8, 4) is 16.8 Å². The SMILES string of the molecule is c1ccc(-c2ccc(N(c3ccc(C4(c5ccccc5)CCCCC4)cc3)c3ccc4c5ccccc5n(-c5ccccc5)c4c3)cc2)cc1. The van der Waals surface area contributed by atoms with E-state index in [9.17, 15) is 0 Å². The largest absolute Gasteiger partial charge is 0.310 e. The first-order valence-electron chi connectivity index (χ1n) is 18.0. The van der Waals surface area contributed by atoms with Crippen molar-refractivity contribution in [2.24, 2.45) is 0 Å². The predicted octanol–water partition coefficient (Wildman–Crippen LogP) is 13.2. The summed E-state index contributed by atoms with van der Waals surface area (Å²) in [6, 6.07) is 66.8. The monoisotopic (exact) mass is 644 g/mol. The molecule has 0 aliphatic heterocycles. The first-order valence-corrected chi connectivity index (χ1v) is 18.0. The van der Waals surface area contributed by atoms with Crippen LogP contribution in [0.3, 0.4) is 0 Å². The molecule has 7 aromatic carbocycles. The van der Waals surface area contributed by atoms with E-state index in [1.807, 2.05) is 0 Å². The Labute approximate surface area is 294 Å². The van der Waals surface area contributed by atoms with Crippen LogP contribution in [0, 0.1) is 0 Å². The van der Waals surface area contributed by atoms with Crippen LogP contribution in [0.1, 0.15) is 43.2 Å². The number of aromatic nitrogens is 1. The van der Waals surface area contributed by atoms with Gasteiger partial charge in [-0.15, -0.1) is 0 Å². The summed E-state index contributed by atoms with van der Waals surface area (Å²) >= 11 is 0. The van der Waals surface area contributed by atoms with E-state index >= 15 is 0 Å². The Morgan fingerprint density at radius 3 is 1.62 bits per heavy atom. The van der Waals surface area contributed by atoms with Crippen LogP contribution in [0.25, 0.3) is 38.6 Å². The molecule has 0 N–H and O–H groups in total. The Morgan fingerprint density at radius 2 is 0.920 bits per heavy atom. The minimum atomic E-state index is 0.0652. The van der Waals surface area contributed by atoms with Crippen molar-refractivity contribution < 1.29 is 0 Å². The standard InChI is InChI=1S/C48H40N2/c1-5-15-36(16-6-1)37-23-27-41(28-24-37)49(42-29-25-39(26-30-42)48(33-13-4-14-34-48)38-17-7-2-8-18-38)43-31-32-45-44-21-11-12-22-46(44)50(47(45)35-43)40-19-9-3-10-20-40/h1-3,5-12,15-32,35H,4,13-14,33-34H2. The molecule has 0 amide bonds. The van der Waals surface area contributed by atoms with Gasteiger partial charge in [0.1, 0.15) is 0 Å². The minimum absolute atomic E-state index is 0.0652. The zero-order valence-corrected chi connectivity index (χ0v) is 28.3. The molecule has 0 unspecified atom stereocenters. The number of para-hydroxylation sites is 2. The molecular weight excluding hydrogens is 605 g/mol. The van der Waals surface area contributed by atoms with E-state index in [1.165, 1.54) is 76.2 Å². The van der Waals surface area contributed by atoms with E-state index in [4.69, 9.17) is 0 Å². The third kappa shape index (κ3) is 5.29. The van der Waals surface area contributed by atoms with Gasteiger partial charge in [0, 0.05) is 38.9 Å². The maximum Gasteiger partial charge on any atom is 0.0561 e. The van der Waals surface area contributed by atoms with E-state index in [2.05, 4.69) is 191 Å². The van der Waals surface area contributed by atoms with Crippen molar-refractivity contribution in [2.45, 2.75) is 37.5 Å². The quantitative estimate of drug-likeness (QED) is 0.168. The molecule has 0 bridgehead atoms. The van der Waals surface area contributed by atoms with Gasteiger partial charge >= 0.3 is 0 Å². The first kappa shape index (κ1) is 30.2. The van der Waals surface area contributed by atoms with Gasteiger partial charge in [-0.05, 0) is 89.7 Å². The summed E-state index contributed by atoms with van der Waals surface area (Å²) in [5.74, 6) is 0. The molecule has 1 aromatic heterocycles. The molecule has 1 heterocycles. The molecule has 8 aromatic rings. The number of hydrogen-bond donors (Lipinski definition) is 0. The third-order valence-corrected chi connectivity index (χ3v) is 10.9. The van der Waals surface area contributed by atoms with Crippen LogP contribution in [0.5, 0.6) is 0 Å². The van der Waals surface area contributed by atoms with Gasteiger partial charge in [-0.2, -0.15) is 0 Å². The van der Waals surface area contributed by atoms with E-state index in [-0.39, 0.29) is 5.41 Å². The van der Waals surface area contributed by atoms with Crippen molar-refractivity contribution in [3.63, 3.8) is 0 Å². The lowest BCUT2D eigenvalue weighted by atomic mass is 9.65. The highest BCUT2D eigenvalue weighted by Crippen LogP contribution is 2.46. The molecule has 1 fully saturated rings. The first-order chi connectivity index (χ1) is 24.8. The lowest BCUT2D eigenvalue weighted by Crippen LogP contribution is -2.30. The third-order valence-electron chi connectivity index (χ3n) is 10.9. The van der Waals surface area contributed by atoms with Crippen LogP contribution >= 0.6 is 0 Å². The Kier molecular flexibility index (Phi) is 7.78. The Balaban J connectivity index is 1.20. The fraction of sp³-hybridized carbons (Fsp3) is 0.125.